The van der Waals surface area contributed by atoms with Gasteiger partial charge >= 0.3 is 6.18 Å². The van der Waals surface area contributed by atoms with Crippen LogP contribution in [0.3, 0.4) is 0 Å². The quantitative estimate of drug-likeness (QED) is 0.911. The molecule has 0 aliphatic carbocycles. The van der Waals surface area contributed by atoms with E-state index in [-0.39, 0.29) is 17.5 Å². The number of hydrogen-bond acceptors (Lipinski definition) is 2. The maximum Gasteiger partial charge on any atom is 0.416 e. The lowest BCUT2D eigenvalue weighted by Gasteiger charge is -2.37. The molecule has 2 atom stereocenters. The number of nitrogens with zero attached hydrogens (tertiary/aromatic N) is 1. The van der Waals surface area contributed by atoms with E-state index < -0.39 is 23.8 Å². The van der Waals surface area contributed by atoms with Gasteiger partial charge in [-0.2, -0.15) is 13.2 Å². The van der Waals surface area contributed by atoms with Gasteiger partial charge in [-0.15, -0.1) is 0 Å². The summed E-state index contributed by atoms with van der Waals surface area (Å²) >= 11 is 0. The molecule has 1 aromatic rings. The molecule has 0 radical (unpaired) electrons. The number of amides is 2. The highest BCUT2D eigenvalue weighted by molar-refractivity contribution is 6.08. The smallest absolute Gasteiger partial charge is 0.343 e. The van der Waals surface area contributed by atoms with E-state index in [2.05, 4.69) is 5.32 Å². The SMILES string of the molecule is CCC1NC(=O)C(C)N(c2ccc(C(F)(F)F)cc2)C1=O. The largest absolute Gasteiger partial charge is 0.416 e. The Balaban J connectivity index is 2.34. The highest BCUT2D eigenvalue weighted by atomic mass is 19.4. The minimum atomic E-state index is -4.43. The Morgan fingerprint density at radius 3 is 2.24 bits per heavy atom. The average molecular weight is 300 g/mol. The van der Waals surface area contributed by atoms with Crippen molar-refractivity contribution in [3.05, 3.63) is 29.8 Å². The van der Waals surface area contributed by atoms with Gasteiger partial charge in [-0.05, 0) is 37.6 Å². The minimum Gasteiger partial charge on any atom is -0.343 e. The summed E-state index contributed by atoms with van der Waals surface area (Å²) in [5, 5.41) is 2.59. The Labute approximate surface area is 119 Å². The van der Waals surface area contributed by atoms with Gasteiger partial charge in [0.05, 0.1) is 5.56 Å². The van der Waals surface area contributed by atoms with Gasteiger partial charge in [0, 0.05) is 5.69 Å². The summed E-state index contributed by atoms with van der Waals surface area (Å²) in [6.07, 6.45) is -4.01. The van der Waals surface area contributed by atoms with Gasteiger partial charge in [0.25, 0.3) is 0 Å². The molecule has 0 bridgehead atoms. The highest BCUT2D eigenvalue weighted by Gasteiger charge is 2.38. The van der Waals surface area contributed by atoms with Crippen molar-refractivity contribution in [3.63, 3.8) is 0 Å². The molecule has 1 aliphatic rings. The van der Waals surface area contributed by atoms with Crippen LogP contribution in [-0.4, -0.2) is 23.9 Å². The lowest BCUT2D eigenvalue weighted by molar-refractivity contribution is -0.137. The second-order valence-electron chi connectivity index (χ2n) is 4.90. The van der Waals surface area contributed by atoms with Crippen LogP contribution in [0.2, 0.25) is 0 Å². The molecule has 0 saturated carbocycles. The number of halogens is 3. The molecule has 7 heteroatoms. The molecule has 1 heterocycles. The summed E-state index contributed by atoms with van der Waals surface area (Å²) in [6.45, 7) is 3.29. The molecule has 21 heavy (non-hydrogen) atoms. The van der Waals surface area contributed by atoms with E-state index in [4.69, 9.17) is 0 Å². The third kappa shape index (κ3) is 2.86. The van der Waals surface area contributed by atoms with Crippen LogP contribution in [-0.2, 0) is 15.8 Å². The van der Waals surface area contributed by atoms with Crippen LogP contribution in [0.25, 0.3) is 0 Å². The molecule has 114 valence electrons. The standard InChI is InChI=1S/C14H15F3N2O2/c1-3-11-13(21)19(8(2)12(20)18-11)10-6-4-9(5-7-10)14(15,16)17/h4-8,11H,3H2,1-2H3,(H,18,20). The summed E-state index contributed by atoms with van der Waals surface area (Å²) < 4.78 is 37.6. The summed E-state index contributed by atoms with van der Waals surface area (Å²) in [7, 11) is 0. The normalized spacial score (nSPS) is 23.2. The Hall–Kier alpha value is -2.05. The number of rotatable bonds is 2. The van der Waals surface area contributed by atoms with Gasteiger partial charge in [-0.3, -0.25) is 14.5 Å². The molecule has 1 aliphatic heterocycles. The van der Waals surface area contributed by atoms with Crippen LogP contribution in [0, 0.1) is 0 Å². The van der Waals surface area contributed by atoms with E-state index in [1.54, 1.807) is 6.92 Å². The van der Waals surface area contributed by atoms with Crippen molar-refractivity contribution in [2.75, 3.05) is 4.90 Å². The number of piperazine rings is 1. The van der Waals surface area contributed by atoms with E-state index in [1.165, 1.54) is 24.0 Å². The molecule has 0 spiro atoms. The molecule has 2 rings (SSSR count). The van der Waals surface area contributed by atoms with Crippen LogP contribution in [0.15, 0.2) is 24.3 Å². The summed E-state index contributed by atoms with van der Waals surface area (Å²) in [5.41, 5.74) is -0.506. The molecule has 2 amide bonds. The zero-order valence-corrected chi connectivity index (χ0v) is 11.6. The first-order valence-electron chi connectivity index (χ1n) is 6.56. The van der Waals surface area contributed by atoms with Crippen molar-refractivity contribution < 1.29 is 22.8 Å². The Bertz CT molecular complexity index is 554. The second-order valence-corrected chi connectivity index (χ2v) is 4.90. The van der Waals surface area contributed by atoms with E-state index in [0.29, 0.717) is 6.42 Å². The first-order chi connectivity index (χ1) is 9.75. The molecular weight excluding hydrogens is 285 g/mol. The van der Waals surface area contributed by atoms with Crippen molar-refractivity contribution >= 4 is 17.5 Å². The zero-order valence-electron chi connectivity index (χ0n) is 11.6. The molecule has 1 fully saturated rings. The Kier molecular flexibility index (Phi) is 3.93. The molecule has 1 saturated heterocycles. The van der Waals surface area contributed by atoms with Crippen LogP contribution in [0.1, 0.15) is 25.8 Å². The van der Waals surface area contributed by atoms with E-state index in [0.717, 1.165) is 12.1 Å². The number of benzene rings is 1. The fraction of sp³-hybridized carbons (Fsp3) is 0.429. The van der Waals surface area contributed by atoms with Crippen LogP contribution in [0.4, 0.5) is 18.9 Å². The Morgan fingerprint density at radius 1 is 1.19 bits per heavy atom. The Morgan fingerprint density at radius 2 is 1.76 bits per heavy atom. The number of anilines is 1. The average Bonchev–Trinajstić information content (AvgIpc) is 2.42. The van der Waals surface area contributed by atoms with Crippen LogP contribution >= 0.6 is 0 Å². The van der Waals surface area contributed by atoms with Crippen molar-refractivity contribution in [3.8, 4) is 0 Å². The second kappa shape index (κ2) is 5.38. The van der Waals surface area contributed by atoms with Gasteiger partial charge in [-0.1, -0.05) is 6.92 Å². The van der Waals surface area contributed by atoms with Gasteiger partial charge in [0.15, 0.2) is 0 Å². The van der Waals surface area contributed by atoms with Crippen LogP contribution in [0.5, 0.6) is 0 Å². The van der Waals surface area contributed by atoms with Gasteiger partial charge < -0.3 is 5.32 Å². The third-order valence-electron chi connectivity index (χ3n) is 3.50. The third-order valence-corrected chi connectivity index (χ3v) is 3.50. The first kappa shape index (κ1) is 15.3. The van der Waals surface area contributed by atoms with Gasteiger partial charge in [-0.25, -0.2) is 0 Å². The number of nitrogens with one attached hydrogen (secondary N) is 1. The zero-order chi connectivity index (χ0) is 15.8. The number of alkyl halides is 3. The van der Waals surface area contributed by atoms with Crippen LogP contribution < -0.4 is 10.2 Å². The van der Waals surface area contributed by atoms with Gasteiger partial charge in [0.2, 0.25) is 11.8 Å². The monoisotopic (exact) mass is 300 g/mol. The van der Waals surface area contributed by atoms with E-state index >= 15 is 0 Å². The van der Waals surface area contributed by atoms with Crippen molar-refractivity contribution in [2.45, 2.75) is 38.5 Å². The topological polar surface area (TPSA) is 49.4 Å². The molecular formula is C14H15F3N2O2. The number of carbonyl (C=O) groups excluding carboxylic acids is 2. The molecule has 1 N–H and O–H groups in total. The minimum absolute atomic E-state index is 0.286. The summed E-state index contributed by atoms with van der Waals surface area (Å²) in [4.78, 5) is 25.4. The molecule has 1 aromatic carbocycles. The van der Waals surface area contributed by atoms with E-state index in [9.17, 15) is 22.8 Å². The fourth-order valence-electron chi connectivity index (χ4n) is 2.27. The highest BCUT2D eigenvalue weighted by Crippen LogP contribution is 2.31. The lowest BCUT2D eigenvalue weighted by Crippen LogP contribution is -2.62. The first-order valence-corrected chi connectivity index (χ1v) is 6.56. The van der Waals surface area contributed by atoms with Gasteiger partial charge in [0.1, 0.15) is 12.1 Å². The summed E-state index contributed by atoms with van der Waals surface area (Å²) in [5.74, 6) is -0.634. The van der Waals surface area contributed by atoms with Crippen molar-refractivity contribution in [2.24, 2.45) is 0 Å². The maximum atomic E-state index is 12.5. The number of hydrogen-bond donors (Lipinski definition) is 1. The molecule has 4 nitrogen and oxygen atoms in total. The van der Waals surface area contributed by atoms with Crippen molar-refractivity contribution in [1.82, 2.24) is 5.32 Å². The molecule has 2 unspecified atom stereocenters. The predicted octanol–water partition coefficient (Wildman–Crippen LogP) is 2.34. The van der Waals surface area contributed by atoms with Crippen molar-refractivity contribution in [1.29, 1.82) is 0 Å². The van der Waals surface area contributed by atoms with E-state index in [1.807, 2.05) is 0 Å². The number of carbonyl (C=O) groups is 2. The predicted molar refractivity (Wildman–Crippen MR) is 70.6 cm³/mol. The maximum absolute atomic E-state index is 12.5. The fourth-order valence-corrected chi connectivity index (χ4v) is 2.27. The summed E-state index contributed by atoms with van der Waals surface area (Å²) in [6, 6.07) is 2.84. The lowest BCUT2D eigenvalue weighted by atomic mass is 10.0. The molecule has 0 aromatic heterocycles.